The first-order valence-corrected chi connectivity index (χ1v) is 10.1. The summed E-state index contributed by atoms with van der Waals surface area (Å²) in [6.07, 6.45) is 1.64. The van der Waals surface area contributed by atoms with E-state index in [4.69, 9.17) is 0 Å². The number of benzene rings is 3. The number of pyridine rings is 1. The van der Waals surface area contributed by atoms with Gasteiger partial charge in [-0.1, -0.05) is 72.8 Å². The molecule has 31 heavy (non-hydrogen) atoms. The van der Waals surface area contributed by atoms with Gasteiger partial charge in [0.15, 0.2) is 0 Å². The number of nitrogens with one attached hydrogen (secondary N) is 3. The van der Waals surface area contributed by atoms with E-state index in [2.05, 4.69) is 21.7 Å². The maximum absolute atomic E-state index is 12.4. The van der Waals surface area contributed by atoms with E-state index in [0.717, 1.165) is 27.9 Å². The Morgan fingerprint density at radius 3 is 2.23 bits per heavy atom. The van der Waals surface area contributed by atoms with Crippen molar-refractivity contribution in [2.45, 2.75) is 13.1 Å². The first-order valence-electron chi connectivity index (χ1n) is 10.1. The van der Waals surface area contributed by atoms with Crippen molar-refractivity contribution in [2.24, 2.45) is 0 Å². The number of aromatic amines is 1. The fourth-order valence-electron chi connectivity index (χ4n) is 3.42. The molecule has 5 nitrogen and oxygen atoms in total. The molecule has 0 atom stereocenters. The zero-order valence-corrected chi connectivity index (χ0v) is 16.9. The minimum absolute atomic E-state index is 0.169. The van der Waals surface area contributed by atoms with Crippen molar-refractivity contribution >= 4 is 11.4 Å². The lowest BCUT2D eigenvalue weighted by atomic mass is 9.99. The van der Waals surface area contributed by atoms with Gasteiger partial charge < -0.3 is 15.6 Å². The van der Waals surface area contributed by atoms with Crippen molar-refractivity contribution in [3.8, 4) is 17.2 Å². The molecule has 0 bridgehead atoms. The number of aromatic nitrogens is 1. The van der Waals surface area contributed by atoms with Crippen molar-refractivity contribution in [3.05, 3.63) is 118 Å². The third-order valence-electron chi connectivity index (χ3n) is 5.07. The monoisotopic (exact) mass is 406 g/mol. The van der Waals surface area contributed by atoms with E-state index in [-0.39, 0.29) is 5.56 Å². The molecule has 0 radical (unpaired) electrons. The molecule has 0 fully saturated rings. The van der Waals surface area contributed by atoms with Gasteiger partial charge in [0.25, 0.3) is 5.56 Å². The van der Waals surface area contributed by atoms with Crippen LogP contribution in [0.25, 0.3) is 11.1 Å². The molecule has 0 amide bonds. The standard InChI is InChI=1S/C26H22N4O/c27-16-22-8-4-5-9-23(22)21-12-10-20(11-13-21)18-30-25-24(14-15-28-26(25)31)29-17-19-6-2-1-3-7-19/h1-15,30H,17-18H2,(H2,28,29,31). The Bertz CT molecular complexity index is 1260. The van der Waals surface area contributed by atoms with Gasteiger partial charge in [-0.25, -0.2) is 0 Å². The van der Waals surface area contributed by atoms with E-state index in [9.17, 15) is 10.1 Å². The molecule has 3 aromatic carbocycles. The Balaban J connectivity index is 1.47. The average Bonchev–Trinajstić information content (AvgIpc) is 2.83. The summed E-state index contributed by atoms with van der Waals surface area (Å²) in [4.78, 5) is 15.1. The van der Waals surface area contributed by atoms with Crippen molar-refractivity contribution in [1.29, 1.82) is 5.26 Å². The molecule has 4 aromatic rings. The van der Waals surface area contributed by atoms with E-state index in [1.165, 1.54) is 0 Å². The molecule has 1 aromatic heterocycles. The number of nitriles is 1. The van der Waals surface area contributed by atoms with Crippen LogP contribution in [0.4, 0.5) is 11.4 Å². The van der Waals surface area contributed by atoms with Gasteiger partial charge >= 0.3 is 0 Å². The highest BCUT2D eigenvalue weighted by Crippen LogP contribution is 2.24. The molecular weight excluding hydrogens is 384 g/mol. The molecule has 152 valence electrons. The number of anilines is 2. The number of nitrogens with zero attached hydrogens (tertiary/aromatic N) is 1. The number of rotatable bonds is 7. The molecule has 0 saturated carbocycles. The number of hydrogen-bond acceptors (Lipinski definition) is 4. The van der Waals surface area contributed by atoms with E-state index >= 15 is 0 Å². The lowest BCUT2D eigenvalue weighted by Crippen LogP contribution is -2.16. The topological polar surface area (TPSA) is 80.7 Å². The highest BCUT2D eigenvalue weighted by atomic mass is 16.1. The Morgan fingerprint density at radius 2 is 1.45 bits per heavy atom. The number of H-pyrrole nitrogens is 1. The van der Waals surface area contributed by atoms with Crippen LogP contribution in [0.2, 0.25) is 0 Å². The van der Waals surface area contributed by atoms with Crippen molar-refractivity contribution < 1.29 is 0 Å². The van der Waals surface area contributed by atoms with Crippen LogP contribution in [0.3, 0.4) is 0 Å². The van der Waals surface area contributed by atoms with Crippen LogP contribution in [-0.4, -0.2) is 4.98 Å². The summed E-state index contributed by atoms with van der Waals surface area (Å²) in [5, 5.41) is 15.9. The number of hydrogen-bond donors (Lipinski definition) is 3. The zero-order valence-electron chi connectivity index (χ0n) is 16.9. The molecule has 0 saturated heterocycles. The molecule has 4 rings (SSSR count). The Hall–Kier alpha value is -4.30. The second-order valence-electron chi connectivity index (χ2n) is 7.14. The summed E-state index contributed by atoms with van der Waals surface area (Å²) in [6, 6.07) is 29.7. The summed E-state index contributed by atoms with van der Waals surface area (Å²) in [5.41, 5.74) is 5.83. The van der Waals surface area contributed by atoms with E-state index < -0.39 is 0 Å². The molecule has 3 N–H and O–H groups in total. The lowest BCUT2D eigenvalue weighted by Gasteiger charge is -2.13. The third kappa shape index (κ3) is 4.82. The van der Waals surface area contributed by atoms with Gasteiger partial charge in [-0.3, -0.25) is 4.79 Å². The summed E-state index contributed by atoms with van der Waals surface area (Å²) in [5.74, 6) is 0. The fourth-order valence-corrected chi connectivity index (χ4v) is 3.42. The molecule has 5 heteroatoms. The Kier molecular flexibility index (Phi) is 6.10. The quantitative estimate of drug-likeness (QED) is 0.397. The maximum Gasteiger partial charge on any atom is 0.273 e. The normalized spacial score (nSPS) is 10.3. The zero-order chi connectivity index (χ0) is 21.5. The first-order chi connectivity index (χ1) is 15.2. The van der Waals surface area contributed by atoms with Crippen LogP contribution in [0.15, 0.2) is 95.9 Å². The van der Waals surface area contributed by atoms with Crippen LogP contribution in [0, 0.1) is 11.3 Å². The third-order valence-corrected chi connectivity index (χ3v) is 5.07. The van der Waals surface area contributed by atoms with Gasteiger partial charge in [-0.2, -0.15) is 5.26 Å². The summed E-state index contributed by atoms with van der Waals surface area (Å²) in [7, 11) is 0. The smallest absolute Gasteiger partial charge is 0.273 e. The second-order valence-corrected chi connectivity index (χ2v) is 7.14. The van der Waals surface area contributed by atoms with Crippen LogP contribution in [-0.2, 0) is 13.1 Å². The van der Waals surface area contributed by atoms with Gasteiger partial charge in [0.1, 0.15) is 5.69 Å². The van der Waals surface area contributed by atoms with Gasteiger partial charge in [-0.15, -0.1) is 0 Å². The summed E-state index contributed by atoms with van der Waals surface area (Å²) in [6.45, 7) is 1.14. The lowest BCUT2D eigenvalue weighted by molar-refractivity contribution is 1.09. The van der Waals surface area contributed by atoms with Crippen LogP contribution in [0.5, 0.6) is 0 Å². The highest BCUT2D eigenvalue weighted by Gasteiger charge is 2.08. The Morgan fingerprint density at radius 1 is 0.774 bits per heavy atom. The molecule has 1 heterocycles. The molecule has 0 aliphatic heterocycles. The molecule has 0 spiro atoms. The van der Waals surface area contributed by atoms with Crippen LogP contribution in [0.1, 0.15) is 16.7 Å². The van der Waals surface area contributed by atoms with Crippen molar-refractivity contribution in [3.63, 3.8) is 0 Å². The maximum atomic E-state index is 12.4. The van der Waals surface area contributed by atoms with Gasteiger partial charge in [0, 0.05) is 19.3 Å². The molecule has 0 unspecified atom stereocenters. The molecule has 0 aliphatic carbocycles. The summed E-state index contributed by atoms with van der Waals surface area (Å²) >= 11 is 0. The Labute approximate surface area is 181 Å². The predicted octanol–water partition coefficient (Wildman–Crippen LogP) is 5.14. The fraction of sp³-hybridized carbons (Fsp3) is 0.0769. The first kappa shape index (κ1) is 20.0. The minimum atomic E-state index is -0.169. The SMILES string of the molecule is N#Cc1ccccc1-c1ccc(CNc2c(NCc3ccccc3)cc[nH]c2=O)cc1. The van der Waals surface area contributed by atoms with E-state index in [1.807, 2.05) is 84.9 Å². The van der Waals surface area contributed by atoms with Gasteiger partial charge in [-0.05, 0) is 34.4 Å². The van der Waals surface area contributed by atoms with Gasteiger partial charge in [0.05, 0.1) is 17.3 Å². The van der Waals surface area contributed by atoms with Crippen molar-refractivity contribution in [1.82, 2.24) is 4.98 Å². The van der Waals surface area contributed by atoms with E-state index in [0.29, 0.717) is 24.3 Å². The van der Waals surface area contributed by atoms with Crippen molar-refractivity contribution in [2.75, 3.05) is 10.6 Å². The predicted molar refractivity (Wildman–Crippen MR) is 125 cm³/mol. The second kappa shape index (κ2) is 9.47. The highest BCUT2D eigenvalue weighted by molar-refractivity contribution is 5.71. The average molecular weight is 406 g/mol. The van der Waals surface area contributed by atoms with Gasteiger partial charge in [0.2, 0.25) is 0 Å². The summed E-state index contributed by atoms with van der Waals surface area (Å²) < 4.78 is 0. The van der Waals surface area contributed by atoms with Crippen LogP contribution >= 0.6 is 0 Å². The largest absolute Gasteiger partial charge is 0.379 e. The molecule has 0 aliphatic rings. The molecular formula is C26H22N4O. The minimum Gasteiger partial charge on any atom is -0.379 e. The van der Waals surface area contributed by atoms with Crippen LogP contribution < -0.4 is 16.2 Å². The van der Waals surface area contributed by atoms with E-state index in [1.54, 1.807) is 6.20 Å².